The lowest BCUT2D eigenvalue weighted by Gasteiger charge is -2.13. The van der Waals surface area contributed by atoms with Crippen molar-refractivity contribution in [2.45, 2.75) is 20.5 Å². The molecular weight excluding hydrogens is 390 g/mol. The Morgan fingerprint density at radius 2 is 1.38 bits per heavy atom. The predicted molar refractivity (Wildman–Crippen MR) is 135 cm³/mol. The zero-order valence-electron chi connectivity index (χ0n) is 18.4. The SMILES string of the molecule is Cc1cccc(N=Cc2c(OCc3cccc4ccccc34)ccc3ccccc23)c1C. The molecule has 0 bridgehead atoms. The van der Waals surface area contributed by atoms with E-state index >= 15 is 0 Å². The summed E-state index contributed by atoms with van der Waals surface area (Å²) >= 11 is 0. The lowest BCUT2D eigenvalue weighted by molar-refractivity contribution is 0.307. The molecule has 0 saturated heterocycles. The monoisotopic (exact) mass is 415 g/mol. The number of hydrogen-bond donors (Lipinski definition) is 0. The van der Waals surface area contributed by atoms with Gasteiger partial charge in [-0.3, -0.25) is 4.99 Å². The maximum absolute atomic E-state index is 6.39. The Kier molecular flexibility index (Phi) is 5.43. The number of fused-ring (bicyclic) bond motifs is 2. The molecule has 0 atom stereocenters. The van der Waals surface area contributed by atoms with Crippen LogP contribution in [0.2, 0.25) is 0 Å². The Hall–Kier alpha value is -3.91. The van der Waals surface area contributed by atoms with Gasteiger partial charge in [-0.25, -0.2) is 0 Å². The molecule has 0 saturated carbocycles. The van der Waals surface area contributed by atoms with Crippen LogP contribution in [-0.4, -0.2) is 6.21 Å². The summed E-state index contributed by atoms with van der Waals surface area (Å²) in [6.45, 7) is 4.73. The molecule has 5 rings (SSSR count). The molecule has 2 nitrogen and oxygen atoms in total. The summed E-state index contributed by atoms with van der Waals surface area (Å²) in [6.07, 6.45) is 1.95. The third-order valence-electron chi connectivity index (χ3n) is 6.10. The van der Waals surface area contributed by atoms with Crippen LogP contribution in [0.15, 0.2) is 102 Å². The lowest BCUT2D eigenvalue weighted by atomic mass is 10.0. The Balaban J connectivity index is 1.54. The molecule has 0 fully saturated rings. The van der Waals surface area contributed by atoms with Crippen LogP contribution in [-0.2, 0) is 6.61 Å². The average Bonchev–Trinajstić information content (AvgIpc) is 2.84. The summed E-state index contributed by atoms with van der Waals surface area (Å²) in [6, 6.07) is 33.5. The van der Waals surface area contributed by atoms with Crippen LogP contribution in [0, 0.1) is 13.8 Å². The fourth-order valence-electron chi connectivity index (χ4n) is 4.12. The van der Waals surface area contributed by atoms with Gasteiger partial charge in [-0.1, -0.05) is 84.9 Å². The van der Waals surface area contributed by atoms with E-state index in [1.807, 2.05) is 6.21 Å². The van der Waals surface area contributed by atoms with Gasteiger partial charge >= 0.3 is 0 Å². The molecule has 0 aliphatic carbocycles. The first-order chi connectivity index (χ1) is 15.7. The number of nitrogens with zero attached hydrogens (tertiary/aromatic N) is 1. The van der Waals surface area contributed by atoms with Gasteiger partial charge in [-0.2, -0.15) is 0 Å². The molecule has 0 spiro atoms. The van der Waals surface area contributed by atoms with E-state index in [4.69, 9.17) is 9.73 Å². The fraction of sp³-hybridized carbons (Fsp3) is 0.100. The Morgan fingerprint density at radius 1 is 0.688 bits per heavy atom. The van der Waals surface area contributed by atoms with E-state index < -0.39 is 0 Å². The number of aryl methyl sites for hydroxylation is 1. The van der Waals surface area contributed by atoms with Gasteiger partial charge in [-0.15, -0.1) is 0 Å². The first kappa shape index (κ1) is 20.0. The summed E-state index contributed by atoms with van der Waals surface area (Å²) < 4.78 is 6.39. The normalized spacial score (nSPS) is 11.4. The van der Waals surface area contributed by atoms with E-state index in [0.29, 0.717) is 6.61 Å². The first-order valence-electron chi connectivity index (χ1n) is 10.9. The van der Waals surface area contributed by atoms with Gasteiger partial charge in [0.25, 0.3) is 0 Å². The number of hydrogen-bond acceptors (Lipinski definition) is 2. The van der Waals surface area contributed by atoms with Gasteiger partial charge in [0.1, 0.15) is 12.4 Å². The predicted octanol–water partition coefficient (Wildman–Crippen LogP) is 7.94. The van der Waals surface area contributed by atoms with E-state index in [2.05, 4.69) is 111 Å². The van der Waals surface area contributed by atoms with Crippen molar-refractivity contribution >= 4 is 33.4 Å². The number of benzene rings is 5. The highest BCUT2D eigenvalue weighted by Crippen LogP contribution is 2.30. The van der Waals surface area contributed by atoms with Crippen LogP contribution in [0.4, 0.5) is 5.69 Å². The molecule has 0 radical (unpaired) electrons. The summed E-state index contributed by atoms with van der Waals surface area (Å²) in [5.41, 5.74) is 5.60. The van der Waals surface area contributed by atoms with E-state index in [9.17, 15) is 0 Å². The minimum Gasteiger partial charge on any atom is -0.488 e. The number of ether oxygens (including phenoxy) is 1. The molecule has 32 heavy (non-hydrogen) atoms. The van der Waals surface area contributed by atoms with Crippen molar-refractivity contribution in [2.75, 3.05) is 0 Å². The van der Waals surface area contributed by atoms with Crippen LogP contribution in [0.5, 0.6) is 5.75 Å². The minimum absolute atomic E-state index is 0.504. The Labute approximate surface area is 188 Å². The zero-order chi connectivity index (χ0) is 21.9. The standard InChI is InChI=1S/C30H25NO/c1-21-9-7-16-29(22(21)2)31-19-28-27-15-6-4-11-24(27)17-18-30(28)32-20-25-13-8-12-23-10-3-5-14-26(23)25/h3-19H,20H2,1-2H3. The molecule has 0 aliphatic rings. The number of rotatable bonds is 5. The molecule has 0 aliphatic heterocycles. The van der Waals surface area contributed by atoms with Crippen LogP contribution < -0.4 is 4.74 Å². The van der Waals surface area contributed by atoms with Gasteiger partial charge < -0.3 is 4.74 Å². The highest BCUT2D eigenvalue weighted by atomic mass is 16.5. The molecule has 0 amide bonds. The summed E-state index contributed by atoms with van der Waals surface area (Å²) in [5.74, 6) is 0.839. The van der Waals surface area contributed by atoms with Gasteiger partial charge in [-0.05, 0) is 64.2 Å². The summed E-state index contributed by atoms with van der Waals surface area (Å²) in [7, 11) is 0. The van der Waals surface area contributed by atoms with Gasteiger partial charge in [0.2, 0.25) is 0 Å². The topological polar surface area (TPSA) is 21.6 Å². The quantitative estimate of drug-likeness (QED) is 0.267. The highest BCUT2D eigenvalue weighted by molar-refractivity contribution is 6.03. The second-order valence-electron chi connectivity index (χ2n) is 8.10. The molecule has 0 aromatic heterocycles. The Bertz CT molecular complexity index is 1440. The molecule has 0 N–H and O–H groups in total. The largest absolute Gasteiger partial charge is 0.488 e. The van der Waals surface area contributed by atoms with Gasteiger partial charge in [0.05, 0.1) is 5.69 Å². The Morgan fingerprint density at radius 3 is 2.22 bits per heavy atom. The van der Waals surface area contributed by atoms with Crippen molar-refractivity contribution in [2.24, 2.45) is 4.99 Å². The average molecular weight is 416 g/mol. The van der Waals surface area contributed by atoms with Crippen molar-refractivity contribution in [1.82, 2.24) is 0 Å². The molecule has 2 heteroatoms. The molecule has 5 aromatic carbocycles. The molecule has 0 unspecified atom stereocenters. The van der Waals surface area contributed by atoms with E-state index in [1.165, 1.54) is 32.8 Å². The van der Waals surface area contributed by atoms with E-state index in [-0.39, 0.29) is 0 Å². The third-order valence-corrected chi connectivity index (χ3v) is 6.10. The first-order valence-corrected chi connectivity index (χ1v) is 10.9. The van der Waals surface area contributed by atoms with E-state index in [1.54, 1.807) is 0 Å². The van der Waals surface area contributed by atoms with Crippen LogP contribution in [0.25, 0.3) is 21.5 Å². The van der Waals surface area contributed by atoms with Crippen molar-refractivity contribution in [1.29, 1.82) is 0 Å². The van der Waals surface area contributed by atoms with Crippen LogP contribution in [0.3, 0.4) is 0 Å². The van der Waals surface area contributed by atoms with Crippen molar-refractivity contribution in [3.63, 3.8) is 0 Å². The second-order valence-corrected chi connectivity index (χ2v) is 8.10. The highest BCUT2D eigenvalue weighted by Gasteiger charge is 2.09. The molecule has 0 heterocycles. The second kappa shape index (κ2) is 8.68. The lowest BCUT2D eigenvalue weighted by Crippen LogP contribution is -2.00. The van der Waals surface area contributed by atoms with Crippen molar-refractivity contribution in [3.8, 4) is 5.75 Å². The molecular formula is C30H25NO. The molecule has 5 aromatic rings. The maximum Gasteiger partial charge on any atom is 0.129 e. The van der Waals surface area contributed by atoms with E-state index in [0.717, 1.165) is 22.4 Å². The van der Waals surface area contributed by atoms with Gasteiger partial charge in [0, 0.05) is 11.8 Å². The maximum atomic E-state index is 6.39. The third kappa shape index (κ3) is 3.88. The molecule has 156 valence electrons. The van der Waals surface area contributed by atoms with Crippen molar-refractivity contribution in [3.05, 3.63) is 119 Å². The summed E-state index contributed by atoms with van der Waals surface area (Å²) in [5, 5.41) is 4.76. The van der Waals surface area contributed by atoms with Gasteiger partial charge in [0.15, 0.2) is 0 Å². The zero-order valence-corrected chi connectivity index (χ0v) is 18.4. The van der Waals surface area contributed by atoms with Crippen LogP contribution in [0.1, 0.15) is 22.3 Å². The van der Waals surface area contributed by atoms with Crippen molar-refractivity contribution < 1.29 is 4.74 Å². The fourth-order valence-corrected chi connectivity index (χ4v) is 4.12. The smallest absolute Gasteiger partial charge is 0.129 e. The minimum atomic E-state index is 0.504. The van der Waals surface area contributed by atoms with Crippen LogP contribution >= 0.6 is 0 Å². The summed E-state index contributed by atoms with van der Waals surface area (Å²) in [4.78, 5) is 4.85. The number of aliphatic imine (C=N–C) groups is 1.